The summed E-state index contributed by atoms with van der Waals surface area (Å²) >= 11 is 0. The van der Waals surface area contributed by atoms with Crippen LogP contribution >= 0.6 is 0 Å². The molecular weight excluding hydrogens is 588 g/mol. The van der Waals surface area contributed by atoms with Crippen LogP contribution in [-0.4, -0.2) is 39.6 Å². The molecule has 8 heteroatoms. The van der Waals surface area contributed by atoms with Gasteiger partial charge in [-0.05, 0) is 78.9 Å². The number of ether oxygens (including phenoxy) is 2. The van der Waals surface area contributed by atoms with Crippen molar-refractivity contribution in [3.05, 3.63) is 162 Å². The number of rotatable bonds is 12. The summed E-state index contributed by atoms with van der Waals surface area (Å²) in [4.78, 5) is 21.0. The molecule has 5 aromatic carbocycles. The number of para-hydroxylation sites is 1. The largest absolute Gasteiger partial charge is 0.459 e. The minimum Gasteiger partial charge on any atom is -0.459 e. The number of esters is 1. The van der Waals surface area contributed by atoms with Crippen LogP contribution in [0.3, 0.4) is 0 Å². The fraction of sp³-hybridized carbons (Fsp3) is 0.205. The lowest BCUT2D eigenvalue weighted by Gasteiger charge is -2.40. The van der Waals surface area contributed by atoms with Gasteiger partial charge in [-0.25, -0.2) is 0 Å². The van der Waals surface area contributed by atoms with Crippen LogP contribution < -0.4 is 14.9 Å². The Labute approximate surface area is 274 Å². The Bertz CT molecular complexity index is 1790. The van der Waals surface area contributed by atoms with Crippen molar-refractivity contribution in [1.82, 2.24) is 20.5 Å². The highest BCUT2D eigenvalue weighted by atomic mass is 16.8. The fourth-order valence-electron chi connectivity index (χ4n) is 5.69. The Morgan fingerprint density at radius 1 is 0.723 bits per heavy atom. The third-order valence-electron chi connectivity index (χ3n) is 7.79. The topological polar surface area (TPSA) is 87.5 Å². The zero-order chi connectivity index (χ0) is 32.7. The third kappa shape index (κ3) is 7.34. The van der Waals surface area contributed by atoms with Gasteiger partial charge in [0, 0.05) is 0 Å². The Morgan fingerprint density at radius 3 is 1.81 bits per heavy atom. The van der Waals surface area contributed by atoms with Crippen LogP contribution in [0.25, 0.3) is 11.0 Å². The Kier molecular flexibility index (Phi) is 9.31. The van der Waals surface area contributed by atoms with Crippen molar-refractivity contribution in [2.45, 2.75) is 44.4 Å². The summed E-state index contributed by atoms with van der Waals surface area (Å²) in [5.74, 6) is 0.283. The number of benzene rings is 5. The maximum absolute atomic E-state index is 14.0. The number of hydrogen-bond donors (Lipinski definition) is 1. The van der Waals surface area contributed by atoms with Crippen molar-refractivity contribution in [3.63, 3.8) is 0 Å². The van der Waals surface area contributed by atoms with Crippen LogP contribution in [0.4, 0.5) is 0 Å². The number of hydrogen-bond acceptors (Lipinski definition) is 7. The first-order valence-corrected chi connectivity index (χ1v) is 15.6. The van der Waals surface area contributed by atoms with Crippen molar-refractivity contribution in [3.8, 4) is 5.75 Å². The molecule has 1 aromatic heterocycles. The summed E-state index contributed by atoms with van der Waals surface area (Å²) in [5.41, 5.74) is 3.94. The van der Waals surface area contributed by atoms with Gasteiger partial charge >= 0.3 is 5.97 Å². The molecule has 0 saturated carbocycles. The van der Waals surface area contributed by atoms with Crippen molar-refractivity contribution in [1.29, 1.82) is 0 Å². The van der Waals surface area contributed by atoms with E-state index in [-0.39, 0.29) is 12.8 Å². The van der Waals surface area contributed by atoms with Crippen LogP contribution in [0.2, 0.25) is 0 Å². The molecule has 238 valence electrons. The van der Waals surface area contributed by atoms with Gasteiger partial charge < -0.3 is 14.3 Å². The van der Waals surface area contributed by atoms with E-state index in [1.54, 1.807) is 0 Å². The van der Waals surface area contributed by atoms with Gasteiger partial charge in [-0.1, -0.05) is 120 Å². The molecule has 0 amide bonds. The molecule has 6 aromatic rings. The monoisotopic (exact) mass is 626 g/mol. The summed E-state index contributed by atoms with van der Waals surface area (Å²) in [6.07, 6.45) is 0.380. The van der Waals surface area contributed by atoms with Gasteiger partial charge in [0.1, 0.15) is 28.4 Å². The molecule has 0 spiro atoms. The normalized spacial score (nSPS) is 12.4. The molecule has 8 nitrogen and oxygen atoms in total. The highest BCUT2D eigenvalue weighted by Crippen LogP contribution is 2.38. The predicted octanol–water partition coefficient (Wildman–Crippen LogP) is 6.73. The van der Waals surface area contributed by atoms with E-state index in [2.05, 4.69) is 52.0 Å². The molecule has 1 N–H and O–H groups in total. The maximum Gasteiger partial charge on any atom is 0.324 e. The summed E-state index contributed by atoms with van der Waals surface area (Å²) in [5, 5.41) is 11.9. The maximum atomic E-state index is 14.0. The molecule has 6 rings (SSSR count). The highest BCUT2D eigenvalue weighted by molar-refractivity contribution is 5.77. The third-order valence-corrected chi connectivity index (χ3v) is 7.79. The van der Waals surface area contributed by atoms with E-state index in [0.29, 0.717) is 12.2 Å². The van der Waals surface area contributed by atoms with Gasteiger partial charge in [-0.15, -0.1) is 5.10 Å². The number of nitrogens with one attached hydrogen (secondary N) is 1. The zero-order valence-electron chi connectivity index (χ0n) is 26.7. The smallest absolute Gasteiger partial charge is 0.324 e. The van der Waals surface area contributed by atoms with E-state index >= 15 is 0 Å². The van der Waals surface area contributed by atoms with E-state index in [1.165, 1.54) is 4.85 Å². The van der Waals surface area contributed by atoms with Crippen LogP contribution in [0.5, 0.6) is 5.75 Å². The summed E-state index contributed by atoms with van der Waals surface area (Å²) in [7, 11) is 0. The fourth-order valence-corrected chi connectivity index (χ4v) is 5.69. The first-order valence-electron chi connectivity index (χ1n) is 15.6. The molecule has 0 aliphatic heterocycles. The summed E-state index contributed by atoms with van der Waals surface area (Å²) in [6, 6.07) is 45.1. The van der Waals surface area contributed by atoms with Crippen LogP contribution in [0.1, 0.15) is 43.0 Å². The lowest BCUT2D eigenvalue weighted by Crippen LogP contribution is -2.54. The Hall–Kier alpha value is -5.47. The van der Waals surface area contributed by atoms with E-state index in [0.717, 1.165) is 33.3 Å². The molecule has 0 radical (unpaired) electrons. The second-order valence-corrected chi connectivity index (χ2v) is 12.3. The van der Waals surface area contributed by atoms with Crippen molar-refractivity contribution in [2.24, 2.45) is 0 Å². The lowest BCUT2D eigenvalue weighted by atomic mass is 9.76. The summed E-state index contributed by atoms with van der Waals surface area (Å²) in [6.45, 7) is 5.61. The van der Waals surface area contributed by atoms with Gasteiger partial charge in [0.25, 0.3) is 6.79 Å². The van der Waals surface area contributed by atoms with Gasteiger partial charge in [0.05, 0.1) is 5.54 Å². The van der Waals surface area contributed by atoms with Crippen molar-refractivity contribution >= 4 is 17.0 Å². The first-order chi connectivity index (χ1) is 22.8. The minimum absolute atomic E-state index is 0.0530. The minimum atomic E-state index is -0.850. The van der Waals surface area contributed by atoms with E-state index in [4.69, 9.17) is 14.3 Å². The number of carbonyl (C=O) groups excluding carboxylic acids is 1. The van der Waals surface area contributed by atoms with Crippen molar-refractivity contribution < 1.29 is 19.1 Å². The van der Waals surface area contributed by atoms with Gasteiger partial charge in [-0.3, -0.25) is 10.1 Å². The average Bonchev–Trinajstić information content (AvgIpc) is 3.51. The highest BCUT2D eigenvalue weighted by Gasteiger charge is 2.41. The second-order valence-electron chi connectivity index (χ2n) is 12.3. The van der Waals surface area contributed by atoms with Crippen LogP contribution in [0.15, 0.2) is 140 Å². The van der Waals surface area contributed by atoms with E-state index in [9.17, 15) is 4.79 Å². The molecule has 0 saturated heterocycles. The quantitative estimate of drug-likeness (QED) is 0.0916. The predicted molar refractivity (Wildman–Crippen MR) is 182 cm³/mol. The van der Waals surface area contributed by atoms with Crippen molar-refractivity contribution in [2.75, 3.05) is 6.79 Å². The molecule has 0 fully saturated rings. The van der Waals surface area contributed by atoms with Crippen LogP contribution in [0, 0.1) is 0 Å². The van der Waals surface area contributed by atoms with E-state index < -0.39 is 17.2 Å². The first kappa shape index (κ1) is 31.5. The van der Waals surface area contributed by atoms with Gasteiger partial charge in [0.15, 0.2) is 0 Å². The molecule has 47 heavy (non-hydrogen) atoms. The molecule has 0 aliphatic rings. The van der Waals surface area contributed by atoms with Gasteiger partial charge in [0.2, 0.25) is 0 Å². The SMILES string of the molecule is CC(C)(C)OC(=O)[C@@H](Cc1ccc(OCOn2nnc3ccccc32)cc1)NC(c1ccccc1)(c1ccccc1)c1ccccc1. The Morgan fingerprint density at radius 2 is 1.26 bits per heavy atom. The van der Waals surface area contributed by atoms with Gasteiger partial charge in [-0.2, -0.15) is 0 Å². The number of fused-ring (bicyclic) bond motifs is 1. The molecule has 1 heterocycles. The number of nitrogens with zero attached hydrogens (tertiary/aromatic N) is 3. The Balaban J connectivity index is 1.28. The molecule has 0 bridgehead atoms. The molecular formula is C39H38N4O4. The molecule has 0 unspecified atom stereocenters. The van der Waals surface area contributed by atoms with E-state index in [1.807, 2.05) is 124 Å². The number of carbonyl (C=O) groups is 1. The summed E-state index contributed by atoms with van der Waals surface area (Å²) < 4.78 is 11.8. The lowest BCUT2D eigenvalue weighted by molar-refractivity contribution is -0.157. The zero-order valence-corrected chi connectivity index (χ0v) is 26.7. The number of aromatic nitrogens is 3. The van der Waals surface area contributed by atoms with Crippen LogP contribution in [-0.2, 0) is 21.5 Å². The molecule has 0 aliphatic carbocycles. The molecule has 1 atom stereocenters. The second kappa shape index (κ2) is 13.9. The standard InChI is InChI=1S/C39H38N4O4/c1-38(2,3)47-37(44)35(27-29-23-25-33(26-24-29)45-28-46-43-36-22-14-13-21-34(36)41-42-43)40-39(30-15-7-4-8-16-30,31-17-9-5-10-18-31)32-19-11-6-12-20-32/h4-26,35,40H,27-28H2,1-3H3/t35-/m1/s1. The average molecular weight is 627 g/mol.